The number of anilines is 1. The van der Waals surface area contributed by atoms with Crippen molar-refractivity contribution < 1.29 is 4.79 Å². The van der Waals surface area contributed by atoms with Crippen LogP contribution in [0.5, 0.6) is 0 Å². The summed E-state index contributed by atoms with van der Waals surface area (Å²) >= 11 is 7.54. The van der Waals surface area contributed by atoms with Gasteiger partial charge in [0.2, 0.25) is 5.91 Å². The smallest absolute Gasteiger partial charge is 0.247 e. The topological polar surface area (TPSA) is 51.9 Å². The number of amides is 1. The number of aromatic amines is 2. The molecule has 6 heteroatoms. The monoisotopic (exact) mass is 609 g/mol. The molecular weight excluding hydrogens is 590 g/mol. The molecule has 0 spiro atoms. The lowest BCUT2D eigenvalue weighted by molar-refractivity contribution is -0.120. The summed E-state index contributed by atoms with van der Waals surface area (Å²) in [5, 5.41) is 2.06. The van der Waals surface area contributed by atoms with E-state index < -0.39 is 5.41 Å². The molecule has 2 N–H and O–H groups in total. The fourth-order valence-electron chi connectivity index (χ4n) is 5.89. The van der Waals surface area contributed by atoms with Gasteiger partial charge in [0.05, 0.1) is 12.2 Å². The average Bonchev–Trinajstić information content (AvgIpc) is 3.59. The quantitative estimate of drug-likeness (QED) is 0.208. The molecule has 4 nitrogen and oxygen atoms in total. The number of aromatic nitrogens is 2. The lowest BCUT2D eigenvalue weighted by Crippen LogP contribution is -2.41. The van der Waals surface area contributed by atoms with Gasteiger partial charge in [0.1, 0.15) is 5.41 Å². The largest absolute Gasteiger partial charge is 0.361 e. The minimum Gasteiger partial charge on any atom is -0.361 e. The van der Waals surface area contributed by atoms with Crippen molar-refractivity contribution in [3.63, 3.8) is 0 Å². The Labute approximate surface area is 230 Å². The van der Waals surface area contributed by atoms with Gasteiger partial charge in [-0.1, -0.05) is 82.7 Å². The van der Waals surface area contributed by atoms with E-state index in [1.807, 2.05) is 65.8 Å². The molecule has 0 saturated carbocycles. The molecule has 37 heavy (non-hydrogen) atoms. The van der Waals surface area contributed by atoms with E-state index in [2.05, 4.69) is 84.3 Å². The van der Waals surface area contributed by atoms with Gasteiger partial charge in [-0.2, -0.15) is 0 Å². The third-order valence-corrected chi connectivity index (χ3v) is 8.50. The molecule has 0 atom stereocenters. The number of carbonyl (C=O) groups is 1. The first-order valence-corrected chi connectivity index (χ1v) is 13.7. The van der Waals surface area contributed by atoms with Crippen molar-refractivity contribution in [3.05, 3.63) is 135 Å². The third kappa shape index (κ3) is 3.22. The van der Waals surface area contributed by atoms with Crippen molar-refractivity contribution in [2.45, 2.75) is 12.0 Å². The van der Waals surface area contributed by atoms with Gasteiger partial charge in [-0.05, 0) is 45.8 Å². The van der Waals surface area contributed by atoms with E-state index in [9.17, 15) is 0 Å². The molecule has 180 valence electrons. The maximum Gasteiger partial charge on any atom is 0.247 e. The summed E-state index contributed by atoms with van der Waals surface area (Å²) in [6.45, 7) is 0.472. The number of carbonyl (C=O) groups excluding carboxylic acids is 1. The Morgan fingerprint density at radius 3 is 1.89 bits per heavy atom. The standard InChI is InChI=1S/C31H21Br2N3O/c32-20-14-23-29(26(33)15-20)36(18-19-8-2-1-3-9-19)30(37)31(23,24-16-34-27-12-6-4-10-21(24)27)25-17-35-28-13-7-5-11-22(25)28/h1-17,34-35H,18H2. The minimum atomic E-state index is -1.06. The van der Waals surface area contributed by atoms with Crippen LogP contribution in [0.4, 0.5) is 5.69 Å². The van der Waals surface area contributed by atoms with Crippen molar-refractivity contribution in [1.82, 2.24) is 9.97 Å². The van der Waals surface area contributed by atoms with Gasteiger partial charge in [0.15, 0.2) is 0 Å². The molecular formula is C31H21Br2N3O. The Balaban J connectivity index is 1.61. The van der Waals surface area contributed by atoms with Crippen molar-refractivity contribution in [1.29, 1.82) is 0 Å². The molecule has 1 aliphatic rings. The zero-order valence-corrected chi connectivity index (χ0v) is 22.8. The van der Waals surface area contributed by atoms with Gasteiger partial charge in [0.25, 0.3) is 0 Å². The highest BCUT2D eigenvalue weighted by atomic mass is 79.9. The van der Waals surface area contributed by atoms with Gasteiger partial charge in [-0.25, -0.2) is 0 Å². The van der Waals surface area contributed by atoms with Crippen molar-refractivity contribution in [2.24, 2.45) is 0 Å². The van der Waals surface area contributed by atoms with E-state index in [0.717, 1.165) is 58.7 Å². The second-order valence-corrected chi connectivity index (χ2v) is 11.2. The Morgan fingerprint density at radius 2 is 1.27 bits per heavy atom. The van der Waals surface area contributed by atoms with Crippen LogP contribution >= 0.6 is 31.9 Å². The van der Waals surface area contributed by atoms with Gasteiger partial charge in [-0.15, -0.1) is 0 Å². The first kappa shape index (κ1) is 22.6. The Hall–Kier alpha value is -3.61. The van der Waals surface area contributed by atoms with E-state index >= 15 is 4.79 Å². The van der Waals surface area contributed by atoms with E-state index in [1.165, 1.54) is 0 Å². The van der Waals surface area contributed by atoms with Gasteiger partial charge >= 0.3 is 0 Å². The van der Waals surface area contributed by atoms with E-state index in [-0.39, 0.29) is 5.91 Å². The molecule has 0 saturated heterocycles. The van der Waals surface area contributed by atoms with Crippen molar-refractivity contribution in [2.75, 3.05) is 4.90 Å². The SMILES string of the molecule is O=C1N(Cc2ccccc2)c2c(Br)cc(Br)cc2C1(c1c[nH]c2ccccc12)c1c[nH]c2ccccc12. The first-order valence-electron chi connectivity index (χ1n) is 12.1. The lowest BCUT2D eigenvalue weighted by atomic mass is 9.70. The average molecular weight is 611 g/mol. The highest BCUT2D eigenvalue weighted by molar-refractivity contribution is 9.11. The predicted octanol–water partition coefficient (Wildman–Crippen LogP) is 8.06. The Kier molecular flexibility index (Phi) is 5.17. The number of hydrogen-bond acceptors (Lipinski definition) is 1. The fraction of sp³-hybridized carbons (Fsp3) is 0.0645. The molecule has 0 unspecified atom stereocenters. The Morgan fingerprint density at radius 1 is 0.703 bits per heavy atom. The summed E-state index contributed by atoms with van der Waals surface area (Å²) < 4.78 is 1.79. The number of nitrogens with one attached hydrogen (secondary N) is 2. The second kappa shape index (κ2) is 8.47. The van der Waals surface area contributed by atoms with Gasteiger partial charge < -0.3 is 14.9 Å². The maximum atomic E-state index is 15.1. The lowest BCUT2D eigenvalue weighted by Gasteiger charge is -2.29. The van der Waals surface area contributed by atoms with Gasteiger partial charge in [0, 0.05) is 59.8 Å². The van der Waals surface area contributed by atoms with Crippen LogP contribution in [0.15, 0.2) is 112 Å². The second-order valence-electron chi connectivity index (χ2n) is 9.41. The number of para-hydroxylation sites is 2. The summed E-state index contributed by atoms with van der Waals surface area (Å²) in [5.74, 6) is 0.0275. The molecule has 6 aromatic rings. The summed E-state index contributed by atoms with van der Waals surface area (Å²) in [6.07, 6.45) is 4.02. The molecule has 7 rings (SSSR count). The van der Waals surface area contributed by atoms with Crippen molar-refractivity contribution >= 4 is 65.3 Å². The number of H-pyrrole nitrogens is 2. The van der Waals surface area contributed by atoms with Crippen LogP contribution < -0.4 is 4.90 Å². The molecule has 0 radical (unpaired) electrons. The maximum absolute atomic E-state index is 15.1. The van der Waals surface area contributed by atoms with Crippen LogP contribution in [-0.4, -0.2) is 15.9 Å². The third-order valence-electron chi connectivity index (χ3n) is 7.44. The number of hydrogen-bond donors (Lipinski definition) is 2. The van der Waals surface area contributed by atoms with E-state index in [4.69, 9.17) is 0 Å². The highest BCUT2D eigenvalue weighted by Gasteiger charge is 2.56. The molecule has 1 amide bonds. The normalized spacial score (nSPS) is 14.5. The molecule has 0 aliphatic carbocycles. The Bertz CT molecular complexity index is 1750. The fourth-order valence-corrected chi connectivity index (χ4v) is 7.33. The number of benzene rings is 4. The molecule has 0 bridgehead atoms. The van der Waals surface area contributed by atoms with Crippen molar-refractivity contribution in [3.8, 4) is 0 Å². The number of rotatable bonds is 4. The summed E-state index contributed by atoms with van der Waals surface area (Å²) in [5.41, 5.74) is 5.75. The molecule has 3 heterocycles. The van der Waals surface area contributed by atoms with Crippen LogP contribution in [0.3, 0.4) is 0 Å². The molecule has 1 aliphatic heterocycles. The predicted molar refractivity (Wildman–Crippen MR) is 156 cm³/mol. The number of fused-ring (bicyclic) bond motifs is 3. The first-order chi connectivity index (χ1) is 18.1. The number of nitrogens with zero attached hydrogens (tertiary/aromatic N) is 1. The van der Waals surface area contributed by atoms with Crippen LogP contribution in [0.25, 0.3) is 21.8 Å². The summed E-state index contributed by atoms with van der Waals surface area (Å²) in [7, 11) is 0. The number of halogens is 2. The summed E-state index contributed by atoms with van der Waals surface area (Å²) in [6, 6.07) is 30.7. The van der Waals surface area contributed by atoms with Crippen LogP contribution in [0.2, 0.25) is 0 Å². The minimum absolute atomic E-state index is 0.0275. The van der Waals surface area contributed by atoms with Crippen LogP contribution in [0, 0.1) is 0 Å². The van der Waals surface area contributed by atoms with Gasteiger partial charge in [-0.3, -0.25) is 4.79 Å². The van der Waals surface area contributed by atoms with Crippen LogP contribution in [0.1, 0.15) is 22.3 Å². The molecule has 4 aromatic carbocycles. The zero-order valence-electron chi connectivity index (χ0n) is 19.6. The van der Waals surface area contributed by atoms with Crippen LogP contribution in [-0.2, 0) is 16.8 Å². The summed E-state index contributed by atoms with van der Waals surface area (Å²) in [4.78, 5) is 23.9. The van der Waals surface area contributed by atoms with E-state index in [1.54, 1.807) is 0 Å². The highest BCUT2D eigenvalue weighted by Crippen LogP contribution is 2.56. The van der Waals surface area contributed by atoms with E-state index in [0.29, 0.717) is 6.54 Å². The molecule has 2 aromatic heterocycles. The molecule has 0 fully saturated rings. The zero-order chi connectivity index (χ0) is 25.1.